The van der Waals surface area contributed by atoms with Crippen molar-refractivity contribution in [2.24, 2.45) is 0 Å². The molecule has 0 spiro atoms. The van der Waals surface area contributed by atoms with Crippen molar-refractivity contribution in [3.05, 3.63) is 11.6 Å². The van der Waals surface area contributed by atoms with Gasteiger partial charge in [-0.2, -0.15) is 0 Å². The Balaban J connectivity index is 0.00000121. The summed E-state index contributed by atoms with van der Waals surface area (Å²) in [5.74, 6) is 0. The lowest BCUT2D eigenvalue weighted by Crippen LogP contribution is -2.00. The van der Waals surface area contributed by atoms with Crippen LogP contribution in [0.1, 0.15) is 32.1 Å². The van der Waals surface area contributed by atoms with E-state index in [1.165, 1.54) is 38.1 Å². The maximum Gasteiger partial charge on any atom is 0.0308 e. The molecule has 1 nitrogen and oxygen atoms in total. The quantitative estimate of drug-likeness (QED) is 0.479. The molecule has 0 saturated carbocycles. The van der Waals surface area contributed by atoms with Gasteiger partial charge in [-0.15, -0.1) is 0 Å². The Hall–Kier alpha value is -0.0831. The molecule has 72 valence electrons. The molecule has 0 saturated heterocycles. The molecule has 0 atom stereocenters. The Kier molecular flexibility index (Phi) is 6.39. The molecule has 1 aliphatic rings. The van der Waals surface area contributed by atoms with Crippen LogP contribution in [0.25, 0.3) is 0 Å². The third kappa shape index (κ3) is 4.73. The molecular formula is C10H22OSi. The Morgan fingerprint density at radius 1 is 1.33 bits per heavy atom. The van der Waals surface area contributed by atoms with E-state index >= 15 is 0 Å². The molecule has 12 heavy (non-hydrogen) atoms. The topological polar surface area (TPSA) is 31.5 Å². The smallest absolute Gasteiger partial charge is 0.0308 e. The van der Waals surface area contributed by atoms with Gasteiger partial charge in [0.25, 0.3) is 0 Å². The lowest BCUT2D eigenvalue weighted by Gasteiger charge is -2.12. The van der Waals surface area contributed by atoms with Crippen molar-refractivity contribution < 1.29 is 5.48 Å². The molecule has 1 rings (SSSR count). The van der Waals surface area contributed by atoms with Gasteiger partial charge in [-0.05, 0) is 32.1 Å². The van der Waals surface area contributed by atoms with Crippen LogP contribution in [0.5, 0.6) is 0 Å². The molecule has 0 bridgehead atoms. The highest BCUT2D eigenvalue weighted by Gasteiger charge is 2.04. The fraction of sp³-hybridized carbons (Fsp3) is 0.800. The Morgan fingerprint density at radius 2 is 2.08 bits per heavy atom. The molecule has 0 aromatic carbocycles. The minimum absolute atomic E-state index is 0. The zero-order chi connectivity index (χ0) is 8.10. The molecular weight excluding hydrogens is 164 g/mol. The fourth-order valence-electron chi connectivity index (χ4n) is 1.61. The van der Waals surface area contributed by atoms with Crippen molar-refractivity contribution in [3.63, 3.8) is 0 Å². The molecule has 0 unspecified atom stereocenters. The summed E-state index contributed by atoms with van der Waals surface area (Å²) in [4.78, 5) is 0. The van der Waals surface area contributed by atoms with Gasteiger partial charge in [-0.1, -0.05) is 30.8 Å². The van der Waals surface area contributed by atoms with Gasteiger partial charge in [0.15, 0.2) is 0 Å². The van der Waals surface area contributed by atoms with Gasteiger partial charge < -0.3 is 5.48 Å². The number of rotatable bonds is 3. The van der Waals surface area contributed by atoms with Gasteiger partial charge in [0.2, 0.25) is 0 Å². The zero-order valence-electron chi connectivity index (χ0n) is 8.40. The van der Waals surface area contributed by atoms with Crippen LogP contribution in [0, 0.1) is 0 Å². The van der Waals surface area contributed by atoms with Crippen molar-refractivity contribution >= 4 is 8.80 Å². The summed E-state index contributed by atoms with van der Waals surface area (Å²) >= 11 is 0. The van der Waals surface area contributed by atoms with E-state index in [1.54, 1.807) is 5.57 Å². The first-order valence-electron chi connectivity index (χ1n) is 4.97. The Labute approximate surface area is 77.8 Å². The summed E-state index contributed by atoms with van der Waals surface area (Å²) in [6.07, 6.45) is 9.55. The lowest BCUT2D eigenvalue weighted by molar-refractivity contribution is 0.683. The second kappa shape index (κ2) is 6.43. The van der Waals surface area contributed by atoms with E-state index in [-0.39, 0.29) is 14.3 Å². The second-order valence-electron chi connectivity index (χ2n) is 4.04. The summed E-state index contributed by atoms with van der Waals surface area (Å²) in [6, 6.07) is 1.52. The molecule has 0 aromatic rings. The monoisotopic (exact) mass is 186 g/mol. The Bertz CT molecular complexity index is 141. The van der Waals surface area contributed by atoms with E-state index in [9.17, 15) is 0 Å². The summed E-state index contributed by atoms with van der Waals surface area (Å²) in [5.41, 5.74) is 1.76. The number of hydrogen-bond donors (Lipinski definition) is 0. The molecule has 0 heterocycles. The summed E-state index contributed by atoms with van der Waals surface area (Å²) in [5, 5.41) is 0. The standard InChI is InChI=1S/C10H20Si.H2O/c1-11(2)9-8-10-6-4-3-5-7-10;/h6,11H,3-5,7-9H2,1-2H3;1H2. The first-order valence-corrected chi connectivity index (χ1v) is 8.09. The van der Waals surface area contributed by atoms with Crippen LogP contribution in [0.4, 0.5) is 0 Å². The highest BCUT2D eigenvalue weighted by atomic mass is 28.3. The van der Waals surface area contributed by atoms with Crippen LogP contribution in [0.2, 0.25) is 19.1 Å². The van der Waals surface area contributed by atoms with Crippen molar-refractivity contribution in [1.82, 2.24) is 0 Å². The highest BCUT2D eigenvalue weighted by Crippen LogP contribution is 2.21. The Morgan fingerprint density at radius 3 is 2.58 bits per heavy atom. The van der Waals surface area contributed by atoms with E-state index in [1.807, 2.05) is 0 Å². The van der Waals surface area contributed by atoms with Gasteiger partial charge >= 0.3 is 0 Å². The minimum atomic E-state index is -0.282. The average molecular weight is 186 g/mol. The molecule has 0 aromatic heterocycles. The molecule has 0 fully saturated rings. The lowest BCUT2D eigenvalue weighted by atomic mass is 9.98. The molecule has 2 N–H and O–H groups in total. The van der Waals surface area contributed by atoms with E-state index in [2.05, 4.69) is 19.2 Å². The summed E-state index contributed by atoms with van der Waals surface area (Å²) in [7, 11) is -0.282. The van der Waals surface area contributed by atoms with Gasteiger partial charge in [0.05, 0.1) is 0 Å². The normalized spacial score (nSPS) is 17.1. The van der Waals surface area contributed by atoms with Gasteiger partial charge in [0, 0.05) is 8.80 Å². The van der Waals surface area contributed by atoms with Crippen LogP contribution in [-0.2, 0) is 0 Å². The van der Waals surface area contributed by atoms with E-state index in [0.29, 0.717) is 0 Å². The maximum absolute atomic E-state index is 2.49. The van der Waals surface area contributed by atoms with Crippen LogP contribution >= 0.6 is 0 Å². The predicted octanol–water partition coefficient (Wildman–Crippen LogP) is 2.54. The third-order valence-electron chi connectivity index (χ3n) is 2.43. The van der Waals surface area contributed by atoms with E-state index in [4.69, 9.17) is 0 Å². The average Bonchev–Trinajstić information content (AvgIpc) is 2.03. The third-order valence-corrected chi connectivity index (χ3v) is 3.87. The van der Waals surface area contributed by atoms with Crippen LogP contribution in [0.15, 0.2) is 11.6 Å². The van der Waals surface area contributed by atoms with Crippen molar-refractivity contribution in [2.45, 2.75) is 51.2 Å². The van der Waals surface area contributed by atoms with Gasteiger partial charge in [-0.25, -0.2) is 0 Å². The number of hydrogen-bond acceptors (Lipinski definition) is 0. The van der Waals surface area contributed by atoms with E-state index in [0.717, 1.165) is 0 Å². The largest absolute Gasteiger partial charge is 0.412 e. The van der Waals surface area contributed by atoms with Gasteiger partial charge in [0.1, 0.15) is 0 Å². The van der Waals surface area contributed by atoms with Crippen LogP contribution < -0.4 is 0 Å². The zero-order valence-corrected chi connectivity index (χ0v) is 9.55. The minimum Gasteiger partial charge on any atom is -0.412 e. The molecule has 0 amide bonds. The van der Waals surface area contributed by atoms with E-state index < -0.39 is 0 Å². The second-order valence-corrected chi connectivity index (χ2v) is 7.41. The molecule has 2 heteroatoms. The SMILES string of the molecule is C[SiH](C)CCC1=CCCCC1.O. The molecule has 0 radical (unpaired) electrons. The molecule has 1 aliphatic carbocycles. The first-order chi connectivity index (χ1) is 5.29. The van der Waals surface area contributed by atoms with Gasteiger partial charge in [-0.3, -0.25) is 0 Å². The van der Waals surface area contributed by atoms with Crippen molar-refractivity contribution in [3.8, 4) is 0 Å². The van der Waals surface area contributed by atoms with Crippen molar-refractivity contribution in [2.75, 3.05) is 0 Å². The highest BCUT2D eigenvalue weighted by molar-refractivity contribution is 6.55. The fourth-order valence-corrected chi connectivity index (χ4v) is 2.55. The van der Waals surface area contributed by atoms with Crippen LogP contribution in [-0.4, -0.2) is 14.3 Å². The maximum atomic E-state index is 2.49. The van der Waals surface area contributed by atoms with Crippen molar-refractivity contribution in [1.29, 1.82) is 0 Å². The summed E-state index contributed by atoms with van der Waals surface area (Å²) < 4.78 is 0. The first kappa shape index (κ1) is 11.9. The van der Waals surface area contributed by atoms with Crippen LogP contribution in [0.3, 0.4) is 0 Å². The summed E-state index contributed by atoms with van der Waals surface area (Å²) in [6.45, 7) is 4.90. The predicted molar refractivity (Wildman–Crippen MR) is 58.5 cm³/mol. The number of allylic oxidation sites excluding steroid dienone is 2. The molecule has 0 aliphatic heterocycles.